The van der Waals surface area contributed by atoms with E-state index in [1.807, 2.05) is 32.2 Å². The number of guanidine groups is 1. The van der Waals surface area contributed by atoms with Crippen LogP contribution in [-0.2, 0) is 0 Å². The van der Waals surface area contributed by atoms with Crippen LogP contribution in [0.4, 0.5) is 5.82 Å². The third-order valence-corrected chi connectivity index (χ3v) is 5.14. The molecule has 0 spiro atoms. The van der Waals surface area contributed by atoms with Gasteiger partial charge in [-0.1, -0.05) is 18.2 Å². The summed E-state index contributed by atoms with van der Waals surface area (Å²) in [5.41, 5.74) is 2.27. The van der Waals surface area contributed by atoms with Crippen molar-refractivity contribution in [3.8, 4) is 5.75 Å². The van der Waals surface area contributed by atoms with Gasteiger partial charge in [-0.2, -0.15) is 0 Å². The minimum Gasteiger partial charge on any atom is -0.489 e. The molecule has 6 nitrogen and oxygen atoms in total. The molecule has 0 amide bonds. The summed E-state index contributed by atoms with van der Waals surface area (Å²) in [7, 11) is 1.81. The van der Waals surface area contributed by atoms with Gasteiger partial charge in [0, 0.05) is 31.9 Å². The summed E-state index contributed by atoms with van der Waals surface area (Å²) in [6, 6.07) is 14.8. The van der Waals surface area contributed by atoms with Gasteiger partial charge in [0.2, 0.25) is 0 Å². The second-order valence-corrected chi connectivity index (χ2v) is 7.74. The number of nitrogens with zero attached hydrogens (tertiary/aromatic N) is 3. The van der Waals surface area contributed by atoms with Crippen molar-refractivity contribution >= 4 is 11.8 Å². The number of aliphatic imine (C=N–C) groups is 1. The fraction of sp³-hybridized carbons (Fsp3) is 0.478. The largest absolute Gasteiger partial charge is 0.489 e. The zero-order chi connectivity index (χ0) is 20.6. The first-order chi connectivity index (χ1) is 14.0. The lowest BCUT2D eigenvalue weighted by Crippen LogP contribution is -2.50. The maximum atomic E-state index is 5.99. The van der Waals surface area contributed by atoms with Crippen LogP contribution in [0.1, 0.15) is 31.0 Å². The third kappa shape index (κ3) is 6.38. The number of aromatic nitrogens is 1. The van der Waals surface area contributed by atoms with Crippen LogP contribution >= 0.6 is 0 Å². The Balaban J connectivity index is 1.42. The molecule has 0 bridgehead atoms. The molecule has 29 heavy (non-hydrogen) atoms. The van der Waals surface area contributed by atoms with Gasteiger partial charge in [-0.15, -0.1) is 0 Å². The molecule has 1 aromatic heterocycles. The average Bonchev–Trinajstić information content (AvgIpc) is 2.71. The number of piperidine rings is 1. The normalized spacial score (nSPS) is 16.4. The number of hydrogen-bond donors (Lipinski definition) is 2. The molecule has 1 fully saturated rings. The monoisotopic (exact) mass is 395 g/mol. The lowest BCUT2D eigenvalue weighted by Gasteiger charge is -2.34. The highest BCUT2D eigenvalue weighted by molar-refractivity contribution is 5.80. The number of nitrogens with one attached hydrogen (secondary N) is 2. The fourth-order valence-electron chi connectivity index (χ4n) is 3.55. The second-order valence-electron chi connectivity index (χ2n) is 7.74. The number of pyridine rings is 1. The summed E-state index contributed by atoms with van der Waals surface area (Å²) >= 11 is 0. The van der Waals surface area contributed by atoms with E-state index in [1.165, 1.54) is 5.56 Å². The van der Waals surface area contributed by atoms with Gasteiger partial charge in [-0.3, -0.25) is 4.99 Å². The highest BCUT2D eigenvalue weighted by atomic mass is 16.5. The summed E-state index contributed by atoms with van der Waals surface area (Å²) in [6.45, 7) is 8.87. The van der Waals surface area contributed by atoms with Crippen molar-refractivity contribution < 1.29 is 4.74 Å². The minimum atomic E-state index is 0.0459. The van der Waals surface area contributed by atoms with E-state index in [4.69, 9.17) is 4.74 Å². The number of rotatable bonds is 6. The van der Waals surface area contributed by atoms with E-state index >= 15 is 0 Å². The maximum absolute atomic E-state index is 5.99. The van der Waals surface area contributed by atoms with Crippen molar-refractivity contribution in [1.29, 1.82) is 0 Å². The molecule has 2 N–H and O–H groups in total. The summed E-state index contributed by atoms with van der Waals surface area (Å²) in [5, 5.41) is 6.94. The summed E-state index contributed by atoms with van der Waals surface area (Å²) in [4.78, 5) is 11.4. The van der Waals surface area contributed by atoms with Crippen molar-refractivity contribution in [3.63, 3.8) is 0 Å². The molecule has 1 aliphatic heterocycles. The first-order valence-corrected chi connectivity index (χ1v) is 10.4. The molecule has 1 unspecified atom stereocenters. The van der Waals surface area contributed by atoms with Gasteiger partial charge in [0.05, 0.1) is 6.54 Å². The molecule has 1 saturated heterocycles. The van der Waals surface area contributed by atoms with E-state index in [2.05, 4.69) is 63.6 Å². The maximum Gasteiger partial charge on any atom is 0.191 e. The summed E-state index contributed by atoms with van der Waals surface area (Å²) in [6.07, 6.45) is 2.17. The Bertz CT molecular complexity index is 814. The van der Waals surface area contributed by atoms with Crippen molar-refractivity contribution in [1.82, 2.24) is 15.6 Å². The van der Waals surface area contributed by atoms with E-state index in [0.29, 0.717) is 12.6 Å². The van der Waals surface area contributed by atoms with Crippen molar-refractivity contribution in [2.75, 3.05) is 31.6 Å². The zero-order valence-corrected chi connectivity index (χ0v) is 18.0. The van der Waals surface area contributed by atoms with Crippen molar-refractivity contribution in [2.24, 2.45) is 4.99 Å². The summed E-state index contributed by atoms with van der Waals surface area (Å²) in [5.74, 6) is 2.81. The van der Waals surface area contributed by atoms with E-state index in [1.54, 1.807) is 0 Å². The summed E-state index contributed by atoms with van der Waals surface area (Å²) < 4.78 is 5.99. The zero-order valence-electron chi connectivity index (χ0n) is 18.0. The Labute approximate surface area is 174 Å². The van der Waals surface area contributed by atoms with Crippen LogP contribution in [0.25, 0.3) is 0 Å². The number of benzene rings is 1. The molecule has 0 saturated carbocycles. The van der Waals surface area contributed by atoms with E-state index in [-0.39, 0.29) is 6.10 Å². The fourth-order valence-corrected chi connectivity index (χ4v) is 3.55. The first-order valence-electron chi connectivity index (χ1n) is 10.4. The first kappa shape index (κ1) is 21.0. The SMILES string of the molecule is CN=C(NCC(C)Oc1cccc(C)c1)NC1CCN(c2cccc(C)n2)CC1. The highest BCUT2D eigenvalue weighted by Crippen LogP contribution is 2.18. The number of aryl methyl sites for hydroxylation is 2. The van der Waals surface area contributed by atoms with E-state index < -0.39 is 0 Å². The van der Waals surface area contributed by atoms with Crippen LogP contribution in [0.3, 0.4) is 0 Å². The molecule has 0 radical (unpaired) electrons. The molecule has 2 aromatic rings. The Morgan fingerprint density at radius 2 is 1.97 bits per heavy atom. The lowest BCUT2D eigenvalue weighted by molar-refractivity contribution is 0.223. The predicted molar refractivity (Wildman–Crippen MR) is 120 cm³/mol. The standard InChI is InChI=1S/C23H33N5O/c1-17-7-5-9-21(15-17)29-19(3)16-25-23(24-4)27-20-11-13-28(14-12-20)22-10-6-8-18(2)26-22/h5-10,15,19-20H,11-14,16H2,1-4H3,(H2,24,25,27). The van der Waals surface area contributed by atoms with Crippen LogP contribution < -0.4 is 20.3 Å². The average molecular weight is 396 g/mol. The molecule has 2 heterocycles. The van der Waals surface area contributed by atoms with Gasteiger partial charge in [-0.25, -0.2) is 4.98 Å². The van der Waals surface area contributed by atoms with Gasteiger partial charge < -0.3 is 20.3 Å². The molecule has 1 aromatic carbocycles. The molecular weight excluding hydrogens is 362 g/mol. The number of hydrogen-bond acceptors (Lipinski definition) is 4. The second kappa shape index (κ2) is 10.1. The van der Waals surface area contributed by atoms with Crippen molar-refractivity contribution in [3.05, 3.63) is 53.7 Å². The Hall–Kier alpha value is -2.76. The van der Waals surface area contributed by atoms with Crippen LogP contribution in [0.5, 0.6) is 5.75 Å². The quantitative estimate of drug-likeness (QED) is 0.580. The number of ether oxygens (including phenoxy) is 1. The van der Waals surface area contributed by atoms with Gasteiger partial charge in [0.1, 0.15) is 17.7 Å². The van der Waals surface area contributed by atoms with Gasteiger partial charge in [0.25, 0.3) is 0 Å². The predicted octanol–water partition coefficient (Wildman–Crippen LogP) is 3.30. The molecule has 0 aliphatic carbocycles. The molecule has 3 rings (SSSR count). The molecule has 1 atom stereocenters. The van der Waals surface area contributed by atoms with Crippen LogP contribution in [0.2, 0.25) is 0 Å². The van der Waals surface area contributed by atoms with Crippen molar-refractivity contribution in [2.45, 2.75) is 45.8 Å². The van der Waals surface area contributed by atoms with Crippen LogP contribution in [0, 0.1) is 13.8 Å². The Morgan fingerprint density at radius 3 is 2.66 bits per heavy atom. The van der Waals surface area contributed by atoms with Gasteiger partial charge in [-0.05, 0) is 63.4 Å². The Kier molecular flexibility index (Phi) is 7.33. The minimum absolute atomic E-state index is 0.0459. The van der Waals surface area contributed by atoms with Gasteiger partial charge in [0.15, 0.2) is 5.96 Å². The van der Waals surface area contributed by atoms with Crippen LogP contribution in [-0.4, -0.2) is 49.8 Å². The Morgan fingerprint density at radius 1 is 1.21 bits per heavy atom. The van der Waals surface area contributed by atoms with Gasteiger partial charge >= 0.3 is 0 Å². The molecule has 156 valence electrons. The highest BCUT2D eigenvalue weighted by Gasteiger charge is 2.21. The lowest BCUT2D eigenvalue weighted by atomic mass is 10.1. The van der Waals surface area contributed by atoms with E-state index in [9.17, 15) is 0 Å². The smallest absolute Gasteiger partial charge is 0.191 e. The molecule has 6 heteroatoms. The van der Waals surface area contributed by atoms with E-state index in [0.717, 1.165) is 49.2 Å². The molecular formula is C23H33N5O. The van der Waals surface area contributed by atoms with Crippen LogP contribution in [0.15, 0.2) is 47.5 Å². The third-order valence-electron chi connectivity index (χ3n) is 5.14. The molecule has 1 aliphatic rings. The number of anilines is 1. The topological polar surface area (TPSA) is 61.8 Å².